The molecule has 28 heavy (non-hydrogen) atoms. The van der Waals surface area contributed by atoms with Crippen molar-refractivity contribution in [1.29, 1.82) is 0 Å². The molecule has 0 aromatic carbocycles. The van der Waals surface area contributed by atoms with Crippen LogP contribution in [0.1, 0.15) is 0 Å². The lowest BCUT2D eigenvalue weighted by atomic mass is 10.2. The highest BCUT2D eigenvalue weighted by molar-refractivity contribution is 5.76. The van der Waals surface area contributed by atoms with Crippen molar-refractivity contribution >= 4 is 11.7 Å². The Morgan fingerprint density at radius 3 is 2.46 bits per heavy atom. The van der Waals surface area contributed by atoms with Gasteiger partial charge < -0.3 is 9.80 Å². The van der Waals surface area contributed by atoms with Crippen LogP contribution in [0.25, 0.3) is 11.3 Å². The van der Waals surface area contributed by atoms with Crippen LogP contribution in [0.4, 0.5) is 5.82 Å². The van der Waals surface area contributed by atoms with E-state index in [0.29, 0.717) is 26.2 Å². The Morgan fingerprint density at radius 1 is 0.964 bits per heavy atom. The van der Waals surface area contributed by atoms with E-state index in [-0.39, 0.29) is 18.0 Å². The first-order valence-corrected chi connectivity index (χ1v) is 9.00. The molecule has 4 heterocycles. The zero-order valence-electron chi connectivity index (χ0n) is 15.2. The van der Waals surface area contributed by atoms with Crippen molar-refractivity contribution in [3.8, 4) is 11.3 Å². The molecule has 1 fully saturated rings. The second-order valence-electron chi connectivity index (χ2n) is 6.41. The van der Waals surface area contributed by atoms with Gasteiger partial charge in [0.1, 0.15) is 6.54 Å². The number of amides is 1. The summed E-state index contributed by atoms with van der Waals surface area (Å²) in [5.74, 6) is 0.666. The molecule has 1 aliphatic heterocycles. The molecule has 0 atom stereocenters. The quantitative estimate of drug-likeness (QED) is 0.651. The van der Waals surface area contributed by atoms with Crippen LogP contribution in [-0.2, 0) is 11.3 Å². The van der Waals surface area contributed by atoms with Crippen molar-refractivity contribution < 1.29 is 4.79 Å². The molecule has 4 rings (SSSR count). The number of rotatable bonds is 4. The molecule has 3 aromatic heterocycles. The molecule has 3 aromatic rings. The van der Waals surface area contributed by atoms with Gasteiger partial charge >= 0.3 is 0 Å². The van der Waals surface area contributed by atoms with Crippen molar-refractivity contribution in [3.63, 3.8) is 0 Å². The first kappa shape index (κ1) is 17.8. The average molecular weight is 377 g/mol. The van der Waals surface area contributed by atoms with E-state index in [4.69, 9.17) is 0 Å². The Kier molecular flexibility index (Phi) is 5.05. The summed E-state index contributed by atoms with van der Waals surface area (Å²) in [4.78, 5) is 32.1. The summed E-state index contributed by atoms with van der Waals surface area (Å²) in [6, 6.07) is 10.6. The van der Waals surface area contributed by atoms with Crippen molar-refractivity contribution in [2.45, 2.75) is 6.54 Å². The van der Waals surface area contributed by atoms with Gasteiger partial charge in [-0.1, -0.05) is 0 Å². The van der Waals surface area contributed by atoms with E-state index in [1.807, 2.05) is 24.3 Å². The fraction of sp³-hybridized carbons (Fsp3) is 0.263. The van der Waals surface area contributed by atoms with E-state index >= 15 is 0 Å². The van der Waals surface area contributed by atoms with Crippen LogP contribution in [0, 0.1) is 0 Å². The van der Waals surface area contributed by atoms with Crippen LogP contribution < -0.4 is 10.5 Å². The monoisotopic (exact) mass is 377 g/mol. The number of hydrogen-bond acceptors (Lipinski definition) is 7. The number of aromatic nitrogens is 5. The number of carbonyl (C=O) groups excluding carboxylic acids is 1. The third-order valence-electron chi connectivity index (χ3n) is 4.63. The van der Waals surface area contributed by atoms with Gasteiger partial charge in [-0.05, 0) is 30.3 Å². The maximum atomic E-state index is 12.4. The van der Waals surface area contributed by atoms with Gasteiger partial charge in [-0.2, -0.15) is 5.10 Å². The third kappa shape index (κ3) is 3.88. The fourth-order valence-electron chi connectivity index (χ4n) is 3.08. The van der Waals surface area contributed by atoms with Crippen LogP contribution in [0.5, 0.6) is 0 Å². The second-order valence-corrected chi connectivity index (χ2v) is 6.41. The number of anilines is 1. The van der Waals surface area contributed by atoms with Gasteiger partial charge in [-0.25, -0.2) is 4.68 Å². The smallest absolute Gasteiger partial charge is 0.267 e. The molecule has 1 amide bonds. The summed E-state index contributed by atoms with van der Waals surface area (Å²) in [6.45, 7) is 2.39. The summed E-state index contributed by atoms with van der Waals surface area (Å²) < 4.78 is 1.18. The fourth-order valence-corrected chi connectivity index (χ4v) is 3.08. The average Bonchev–Trinajstić information content (AvgIpc) is 2.76. The molecular weight excluding hydrogens is 358 g/mol. The first-order valence-electron chi connectivity index (χ1n) is 9.00. The minimum atomic E-state index is -0.279. The van der Waals surface area contributed by atoms with E-state index < -0.39 is 0 Å². The highest BCUT2D eigenvalue weighted by Crippen LogP contribution is 2.18. The number of hydrogen-bond donors (Lipinski definition) is 0. The Morgan fingerprint density at radius 2 is 1.79 bits per heavy atom. The van der Waals surface area contributed by atoms with Crippen LogP contribution >= 0.6 is 0 Å². The number of piperazine rings is 1. The van der Waals surface area contributed by atoms with Gasteiger partial charge in [0.05, 0.1) is 5.69 Å². The predicted molar refractivity (Wildman–Crippen MR) is 103 cm³/mol. The molecule has 9 nitrogen and oxygen atoms in total. The largest absolute Gasteiger partial charge is 0.352 e. The highest BCUT2D eigenvalue weighted by atomic mass is 16.2. The molecule has 142 valence electrons. The maximum absolute atomic E-state index is 12.4. The van der Waals surface area contributed by atoms with Crippen molar-refractivity contribution in [1.82, 2.24) is 29.9 Å². The zero-order valence-corrected chi connectivity index (χ0v) is 15.2. The molecule has 0 saturated carbocycles. The number of pyridine rings is 1. The van der Waals surface area contributed by atoms with E-state index in [0.717, 1.165) is 17.1 Å². The van der Waals surface area contributed by atoms with Gasteiger partial charge in [0, 0.05) is 56.4 Å². The summed E-state index contributed by atoms with van der Waals surface area (Å²) in [5, 5.41) is 12.5. The van der Waals surface area contributed by atoms with Crippen molar-refractivity contribution in [2.75, 3.05) is 31.1 Å². The van der Waals surface area contributed by atoms with Gasteiger partial charge in [-0.15, -0.1) is 10.2 Å². The topological polar surface area (TPSA) is 97.1 Å². The molecule has 1 aliphatic rings. The van der Waals surface area contributed by atoms with E-state index in [2.05, 4.69) is 25.2 Å². The normalized spacial score (nSPS) is 14.1. The summed E-state index contributed by atoms with van der Waals surface area (Å²) in [7, 11) is 0. The van der Waals surface area contributed by atoms with E-state index in [1.165, 1.54) is 16.9 Å². The molecule has 0 unspecified atom stereocenters. The van der Waals surface area contributed by atoms with Crippen LogP contribution in [-0.4, -0.2) is 61.9 Å². The SMILES string of the molecule is O=C(Cn1ncccc1=O)N1CCN(c2ccc(-c3cccnc3)nn2)CC1. The second kappa shape index (κ2) is 7.95. The minimum Gasteiger partial charge on any atom is -0.352 e. The number of nitrogens with zero attached hydrogens (tertiary/aromatic N) is 7. The van der Waals surface area contributed by atoms with E-state index in [9.17, 15) is 9.59 Å². The van der Waals surface area contributed by atoms with E-state index in [1.54, 1.807) is 23.4 Å². The maximum Gasteiger partial charge on any atom is 0.267 e. The lowest BCUT2D eigenvalue weighted by Crippen LogP contribution is -2.50. The Bertz CT molecular complexity index is 997. The molecular formula is C19H19N7O2. The van der Waals surface area contributed by atoms with Crippen molar-refractivity contribution in [3.05, 3.63) is 65.3 Å². The molecule has 0 N–H and O–H groups in total. The Labute approximate surface area is 161 Å². The van der Waals surface area contributed by atoms with Gasteiger partial charge in [0.2, 0.25) is 5.91 Å². The van der Waals surface area contributed by atoms with Crippen LogP contribution in [0.3, 0.4) is 0 Å². The minimum absolute atomic E-state index is 0.0424. The molecule has 1 saturated heterocycles. The summed E-state index contributed by atoms with van der Waals surface area (Å²) in [5.41, 5.74) is 1.41. The van der Waals surface area contributed by atoms with Gasteiger partial charge in [-0.3, -0.25) is 14.6 Å². The lowest BCUT2D eigenvalue weighted by molar-refractivity contribution is -0.132. The molecule has 0 aliphatic carbocycles. The highest BCUT2D eigenvalue weighted by Gasteiger charge is 2.22. The molecule has 0 spiro atoms. The predicted octanol–water partition coefficient (Wildman–Crippen LogP) is 0.444. The van der Waals surface area contributed by atoms with Gasteiger partial charge in [0.15, 0.2) is 5.82 Å². The lowest BCUT2D eigenvalue weighted by Gasteiger charge is -2.35. The Balaban J connectivity index is 1.35. The van der Waals surface area contributed by atoms with Crippen LogP contribution in [0.2, 0.25) is 0 Å². The third-order valence-corrected chi connectivity index (χ3v) is 4.63. The zero-order chi connectivity index (χ0) is 19.3. The molecule has 0 bridgehead atoms. The Hall–Kier alpha value is -3.62. The summed E-state index contributed by atoms with van der Waals surface area (Å²) in [6.07, 6.45) is 4.97. The van der Waals surface area contributed by atoms with Crippen molar-refractivity contribution in [2.24, 2.45) is 0 Å². The molecule has 0 radical (unpaired) electrons. The summed E-state index contributed by atoms with van der Waals surface area (Å²) >= 11 is 0. The number of carbonyl (C=O) groups is 1. The molecule has 9 heteroatoms. The standard InChI is InChI=1S/C19H19N7O2/c27-18-4-2-8-21-26(18)14-19(28)25-11-9-24(10-12-25)17-6-5-16(22-23-17)15-3-1-7-20-13-15/h1-8,13H,9-12,14H2. The van der Waals surface area contributed by atoms with Crippen LogP contribution in [0.15, 0.2) is 59.8 Å². The first-order chi connectivity index (χ1) is 13.7. The van der Waals surface area contributed by atoms with Gasteiger partial charge in [0.25, 0.3) is 5.56 Å².